The van der Waals surface area contributed by atoms with E-state index >= 15 is 0 Å². The summed E-state index contributed by atoms with van der Waals surface area (Å²) in [6.07, 6.45) is 1.52. The van der Waals surface area contributed by atoms with Crippen LogP contribution in [0.4, 0.5) is 0 Å². The highest BCUT2D eigenvalue weighted by atomic mass is 16.5. The van der Waals surface area contributed by atoms with E-state index < -0.39 is 0 Å². The molecule has 0 aromatic rings. The Morgan fingerprint density at radius 1 is 1.30 bits per heavy atom. The third kappa shape index (κ3) is 6.09. The van der Waals surface area contributed by atoms with Gasteiger partial charge in [0.25, 0.3) is 0 Å². The third-order valence-electron chi connectivity index (χ3n) is 1.38. The van der Waals surface area contributed by atoms with Gasteiger partial charge in [0.1, 0.15) is 0 Å². The van der Waals surface area contributed by atoms with Crippen molar-refractivity contribution < 1.29 is 4.74 Å². The fraction of sp³-hybridized carbons (Fsp3) is 1.00. The first kappa shape index (κ1) is 9.96. The lowest BCUT2D eigenvalue weighted by Gasteiger charge is -2.20. The molecule has 10 heavy (non-hydrogen) atoms. The smallest absolute Gasteiger partial charge is 0.0544 e. The minimum Gasteiger partial charge on any atom is -0.378 e. The Labute approximate surface area is 64.8 Å². The summed E-state index contributed by atoms with van der Waals surface area (Å²) in [6.45, 7) is 11.7. The molecule has 1 heteroatoms. The van der Waals surface area contributed by atoms with E-state index in [-0.39, 0.29) is 0 Å². The molecule has 0 aromatic carbocycles. The number of ether oxygens (including phenoxy) is 1. The van der Waals surface area contributed by atoms with Gasteiger partial charge in [-0.1, -0.05) is 27.7 Å². The molecule has 0 fully saturated rings. The van der Waals surface area contributed by atoms with E-state index in [1.165, 1.54) is 0 Å². The maximum absolute atomic E-state index is 5.56. The van der Waals surface area contributed by atoms with E-state index in [2.05, 4.69) is 34.6 Å². The predicted octanol–water partition coefficient (Wildman–Crippen LogP) is 2.85. The molecule has 0 saturated carbocycles. The van der Waals surface area contributed by atoms with Crippen LogP contribution in [0, 0.1) is 5.41 Å². The normalized spacial score (nSPS) is 15.3. The van der Waals surface area contributed by atoms with E-state index in [0.717, 1.165) is 13.0 Å². The first-order valence-electron chi connectivity index (χ1n) is 4.07. The molecule has 0 rings (SSSR count). The quantitative estimate of drug-likeness (QED) is 0.592. The van der Waals surface area contributed by atoms with Crippen LogP contribution in [0.2, 0.25) is 0 Å². The second-order valence-electron chi connectivity index (χ2n) is 4.09. The zero-order valence-corrected chi connectivity index (χ0v) is 7.90. The second-order valence-corrected chi connectivity index (χ2v) is 4.09. The molecule has 0 amide bonds. The summed E-state index contributed by atoms with van der Waals surface area (Å²) in [5.74, 6) is 0. The third-order valence-corrected chi connectivity index (χ3v) is 1.38. The molecule has 0 aromatic heterocycles. The van der Waals surface area contributed by atoms with Gasteiger partial charge in [-0.05, 0) is 18.8 Å². The molecule has 0 radical (unpaired) electrons. The number of hydrogen-bond acceptors (Lipinski definition) is 1. The van der Waals surface area contributed by atoms with Gasteiger partial charge in [0.05, 0.1) is 12.7 Å². The lowest BCUT2D eigenvalue weighted by molar-refractivity contribution is 0.0170. The van der Waals surface area contributed by atoms with Crippen molar-refractivity contribution in [3.8, 4) is 0 Å². The highest BCUT2D eigenvalue weighted by molar-refractivity contribution is 4.60. The molecular formula is C9H20O. The summed E-state index contributed by atoms with van der Waals surface area (Å²) in [5.41, 5.74) is 0.309. The summed E-state index contributed by atoms with van der Waals surface area (Å²) >= 11 is 0. The predicted molar refractivity (Wildman–Crippen MR) is 45.2 cm³/mol. The Hall–Kier alpha value is -0.0400. The molecule has 0 N–H and O–H groups in total. The molecule has 62 valence electrons. The lowest BCUT2D eigenvalue weighted by Crippen LogP contribution is -2.19. The lowest BCUT2D eigenvalue weighted by atomic mass is 9.98. The molecule has 0 saturated heterocycles. The van der Waals surface area contributed by atoms with Gasteiger partial charge in [0.15, 0.2) is 0 Å². The van der Waals surface area contributed by atoms with Crippen molar-refractivity contribution in [3.05, 3.63) is 0 Å². The van der Waals surface area contributed by atoms with Gasteiger partial charge in [-0.2, -0.15) is 0 Å². The van der Waals surface area contributed by atoms with Crippen LogP contribution in [0.1, 0.15) is 41.0 Å². The topological polar surface area (TPSA) is 9.23 Å². The molecule has 0 aliphatic rings. The Morgan fingerprint density at radius 3 is 2.10 bits per heavy atom. The largest absolute Gasteiger partial charge is 0.378 e. The zero-order valence-electron chi connectivity index (χ0n) is 7.90. The maximum Gasteiger partial charge on any atom is 0.0544 e. The summed E-state index contributed by atoms with van der Waals surface area (Å²) in [4.78, 5) is 0. The highest BCUT2D eigenvalue weighted by Crippen LogP contribution is 2.14. The van der Waals surface area contributed by atoms with Gasteiger partial charge in [-0.25, -0.2) is 0 Å². The van der Waals surface area contributed by atoms with E-state index in [9.17, 15) is 0 Å². The first-order chi connectivity index (χ1) is 4.45. The summed E-state index contributed by atoms with van der Waals surface area (Å²) in [5, 5.41) is 0. The van der Waals surface area contributed by atoms with Gasteiger partial charge in [0.2, 0.25) is 0 Å². The van der Waals surface area contributed by atoms with E-state index in [1.54, 1.807) is 0 Å². The van der Waals surface area contributed by atoms with Gasteiger partial charge >= 0.3 is 0 Å². The van der Waals surface area contributed by atoms with Crippen LogP contribution in [0.5, 0.6) is 0 Å². The van der Waals surface area contributed by atoms with Crippen LogP contribution >= 0.6 is 0 Å². The van der Waals surface area contributed by atoms with Crippen molar-refractivity contribution >= 4 is 0 Å². The van der Waals surface area contributed by atoms with Crippen LogP contribution in [0.15, 0.2) is 0 Å². The van der Waals surface area contributed by atoms with Gasteiger partial charge in [-0.15, -0.1) is 0 Å². The summed E-state index contributed by atoms with van der Waals surface area (Å²) in [7, 11) is 0. The Bertz CT molecular complexity index is 81.2. The molecule has 0 heterocycles. The Kier molecular flexibility index (Phi) is 3.95. The van der Waals surface area contributed by atoms with Crippen molar-refractivity contribution in [2.24, 2.45) is 5.41 Å². The average molecular weight is 144 g/mol. The van der Waals surface area contributed by atoms with E-state index in [0.29, 0.717) is 11.5 Å². The highest BCUT2D eigenvalue weighted by Gasteiger charge is 2.11. The molecule has 0 aliphatic carbocycles. The van der Waals surface area contributed by atoms with Crippen LogP contribution in [0.25, 0.3) is 0 Å². The van der Waals surface area contributed by atoms with Crippen molar-refractivity contribution in [2.45, 2.75) is 47.1 Å². The molecular weight excluding hydrogens is 124 g/mol. The van der Waals surface area contributed by atoms with Crippen LogP contribution in [0.3, 0.4) is 0 Å². The average Bonchev–Trinajstić information content (AvgIpc) is 1.81. The molecule has 0 aliphatic heterocycles. The maximum atomic E-state index is 5.56. The van der Waals surface area contributed by atoms with Gasteiger partial charge in [-0.3, -0.25) is 0 Å². The van der Waals surface area contributed by atoms with Crippen molar-refractivity contribution in [1.82, 2.24) is 0 Å². The monoisotopic (exact) mass is 144 g/mol. The van der Waals surface area contributed by atoms with Gasteiger partial charge < -0.3 is 4.74 Å². The van der Waals surface area contributed by atoms with Crippen molar-refractivity contribution in [2.75, 3.05) is 6.61 Å². The second kappa shape index (κ2) is 3.97. The number of rotatable bonds is 3. The Balaban J connectivity index is 3.36. The molecule has 0 unspecified atom stereocenters. The summed E-state index contributed by atoms with van der Waals surface area (Å²) < 4.78 is 5.56. The van der Waals surface area contributed by atoms with Crippen molar-refractivity contribution in [1.29, 1.82) is 0 Å². The molecule has 0 bridgehead atoms. The first-order valence-corrected chi connectivity index (χ1v) is 4.07. The van der Waals surface area contributed by atoms with Crippen molar-refractivity contribution in [3.63, 3.8) is 0 Å². The standard InChI is InChI=1S/C9H20O/c1-6-8(2)10-7-9(3,4)5/h8H,6-7H2,1-5H3/t8-/m1/s1. The minimum atomic E-state index is 0.309. The SMILES string of the molecule is CC[C@@H](C)OCC(C)(C)C. The molecule has 1 nitrogen and oxygen atoms in total. The molecule has 1 atom stereocenters. The van der Waals surface area contributed by atoms with E-state index in [1.807, 2.05) is 0 Å². The van der Waals surface area contributed by atoms with Crippen LogP contribution in [-0.2, 0) is 4.74 Å². The zero-order chi connectivity index (χ0) is 8.20. The Morgan fingerprint density at radius 2 is 1.80 bits per heavy atom. The van der Waals surface area contributed by atoms with E-state index in [4.69, 9.17) is 4.74 Å². The summed E-state index contributed by atoms with van der Waals surface area (Å²) in [6, 6.07) is 0. The van der Waals surface area contributed by atoms with Gasteiger partial charge in [0, 0.05) is 0 Å². The fourth-order valence-corrected chi connectivity index (χ4v) is 0.510. The molecule has 0 spiro atoms. The van der Waals surface area contributed by atoms with Crippen LogP contribution in [-0.4, -0.2) is 12.7 Å². The minimum absolute atomic E-state index is 0.309. The number of hydrogen-bond donors (Lipinski definition) is 0. The van der Waals surface area contributed by atoms with Crippen LogP contribution < -0.4 is 0 Å². The fourth-order valence-electron chi connectivity index (χ4n) is 0.510.